The van der Waals surface area contributed by atoms with Gasteiger partial charge in [0.2, 0.25) is 5.91 Å². The predicted molar refractivity (Wildman–Crippen MR) is 87.2 cm³/mol. The molecular formula is C17H20N4O3. The Morgan fingerprint density at radius 1 is 1.46 bits per heavy atom. The molecule has 3 rings (SSSR count). The van der Waals surface area contributed by atoms with Crippen molar-refractivity contribution in [1.82, 2.24) is 20.5 Å². The lowest BCUT2D eigenvalue weighted by Crippen LogP contribution is -2.54. The monoisotopic (exact) mass is 328 g/mol. The smallest absolute Gasteiger partial charge is 0.255 e. The molecule has 0 aliphatic carbocycles. The van der Waals surface area contributed by atoms with Crippen molar-refractivity contribution in [3.05, 3.63) is 54.2 Å². The van der Waals surface area contributed by atoms with Gasteiger partial charge in [-0.05, 0) is 24.6 Å². The zero-order chi connectivity index (χ0) is 16.9. The molecule has 126 valence electrons. The number of amides is 2. The normalized spacial score (nSPS) is 18.9. The van der Waals surface area contributed by atoms with E-state index in [1.54, 1.807) is 30.3 Å². The van der Waals surface area contributed by atoms with E-state index in [9.17, 15) is 9.59 Å². The first-order chi connectivity index (χ1) is 11.7. The Bertz CT molecular complexity index is 687. The summed E-state index contributed by atoms with van der Waals surface area (Å²) < 4.78 is 4.90. The molecule has 2 unspecified atom stereocenters. The molecule has 1 fully saturated rings. The van der Waals surface area contributed by atoms with E-state index in [4.69, 9.17) is 4.42 Å². The number of carbonyl (C=O) groups is 2. The molecular weight excluding hydrogens is 308 g/mol. The summed E-state index contributed by atoms with van der Waals surface area (Å²) in [6.45, 7) is 3.68. The molecule has 0 aromatic carbocycles. The molecule has 2 aromatic heterocycles. The zero-order valence-electron chi connectivity index (χ0n) is 13.4. The maximum Gasteiger partial charge on any atom is 0.255 e. The summed E-state index contributed by atoms with van der Waals surface area (Å²) in [6, 6.07) is 4.67. The number of furan rings is 1. The SMILES string of the molecule is CC(NC(=O)c1ccoc1)C(=O)N1CCNCC1c1cccnc1. The third-order valence-corrected chi connectivity index (χ3v) is 4.10. The highest BCUT2D eigenvalue weighted by molar-refractivity contribution is 5.97. The Morgan fingerprint density at radius 2 is 2.33 bits per heavy atom. The molecule has 7 nitrogen and oxygen atoms in total. The standard InChI is InChI=1S/C17H20N4O3/c1-12(20-16(22)14-4-8-24-11-14)17(23)21-7-6-19-10-15(21)13-3-2-5-18-9-13/h2-5,8-9,11-12,15,19H,6-7,10H2,1H3,(H,20,22). The van der Waals surface area contributed by atoms with Crippen LogP contribution in [0.1, 0.15) is 28.9 Å². The van der Waals surface area contributed by atoms with Crippen LogP contribution in [0.15, 0.2) is 47.5 Å². The average Bonchev–Trinajstić information content (AvgIpc) is 3.16. The van der Waals surface area contributed by atoms with E-state index in [-0.39, 0.29) is 17.9 Å². The van der Waals surface area contributed by atoms with E-state index in [0.717, 1.165) is 12.1 Å². The van der Waals surface area contributed by atoms with Crippen molar-refractivity contribution in [1.29, 1.82) is 0 Å². The minimum Gasteiger partial charge on any atom is -0.472 e. The maximum atomic E-state index is 12.8. The van der Waals surface area contributed by atoms with Gasteiger partial charge in [0.25, 0.3) is 5.91 Å². The van der Waals surface area contributed by atoms with E-state index >= 15 is 0 Å². The van der Waals surface area contributed by atoms with Crippen molar-refractivity contribution in [2.45, 2.75) is 19.0 Å². The van der Waals surface area contributed by atoms with Gasteiger partial charge in [0.05, 0.1) is 17.9 Å². The quantitative estimate of drug-likeness (QED) is 0.873. The minimum absolute atomic E-state index is 0.0896. The molecule has 2 N–H and O–H groups in total. The minimum atomic E-state index is -0.621. The molecule has 1 aliphatic rings. The third kappa shape index (κ3) is 3.46. The predicted octanol–water partition coefficient (Wildman–Crippen LogP) is 0.966. The van der Waals surface area contributed by atoms with Gasteiger partial charge in [-0.2, -0.15) is 0 Å². The molecule has 0 radical (unpaired) electrons. The topological polar surface area (TPSA) is 87.5 Å². The lowest BCUT2D eigenvalue weighted by molar-refractivity contribution is -0.136. The number of nitrogens with one attached hydrogen (secondary N) is 2. The highest BCUT2D eigenvalue weighted by Crippen LogP contribution is 2.22. The van der Waals surface area contributed by atoms with Crippen LogP contribution in [0.5, 0.6) is 0 Å². The molecule has 0 saturated carbocycles. The fraction of sp³-hybridized carbons (Fsp3) is 0.353. The second-order valence-corrected chi connectivity index (χ2v) is 5.75. The summed E-state index contributed by atoms with van der Waals surface area (Å²) in [4.78, 5) is 30.9. The van der Waals surface area contributed by atoms with Crippen LogP contribution in [-0.4, -0.2) is 47.4 Å². The Morgan fingerprint density at radius 3 is 3.04 bits per heavy atom. The van der Waals surface area contributed by atoms with Gasteiger partial charge in [0.1, 0.15) is 12.3 Å². The number of nitrogens with zero attached hydrogens (tertiary/aromatic N) is 2. The number of rotatable bonds is 4. The van der Waals surface area contributed by atoms with Crippen LogP contribution >= 0.6 is 0 Å². The summed E-state index contributed by atoms with van der Waals surface area (Å²) in [5.74, 6) is -0.431. The van der Waals surface area contributed by atoms with E-state index in [2.05, 4.69) is 15.6 Å². The van der Waals surface area contributed by atoms with Gasteiger partial charge in [-0.25, -0.2) is 0 Å². The van der Waals surface area contributed by atoms with E-state index in [0.29, 0.717) is 18.7 Å². The van der Waals surface area contributed by atoms with Gasteiger partial charge in [0.15, 0.2) is 0 Å². The highest BCUT2D eigenvalue weighted by atomic mass is 16.3. The number of aromatic nitrogens is 1. The zero-order valence-corrected chi connectivity index (χ0v) is 13.4. The Labute approximate surface area is 140 Å². The van der Waals surface area contributed by atoms with Crippen molar-refractivity contribution in [2.24, 2.45) is 0 Å². The van der Waals surface area contributed by atoms with Crippen LogP contribution in [0.3, 0.4) is 0 Å². The summed E-state index contributed by atoms with van der Waals surface area (Å²) in [6.07, 6.45) is 6.26. The summed E-state index contributed by atoms with van der Waals surface area (Å²) >= 11 is 0. The summed E-state index contributed by atoms with van der Waals surface area (Å²) in [7, 11) is 0. The first-order valence-electron chi connectivity index (χ1n) is 7.91. The maximum absolute atomic E-state index is 12.8. The van der Waals surface area contributed by atoms with Gasteiger partial charge in [0, 0.05) is 32.0 Å². The highest BCUT2D eigenvalue weighted by Gasteiger charge is 2.31. The molecule has 7 heteroatoms. The molecule has 2 aromatic rings. The second-order valence-electron chi connectivity index (χ2n) is 5.75. The number of hydrogen-bond acceptors (Lipinski definition) is 5. The van der Waals surface area contributed by atoms with Crippen molar-refractivity contribution >= 4 is 11.8 Å². The molecule has 0 bridgehead atoms. The molecule has 1 saturated heterocycles. The number of piperazine rings is 1. The third-order valence-electron chi connectivity index (χ3n) is 4.10. The van der Waals surface area contributed by atoms with E-state index in [1.165, 1.54) is 12.5 Å². The van der Waals surface area contributed by atoms with Gasteiger partial charge >= 0.3 is 0 Å². The summed E-state index contributed by atoms with van der Waals surface area (Å²) in [5, 5.41) is 6.02. The van der Waals surface area contributed by atoms with Gasteiger partial charge in [-0.3, -0.25) is 14.6 Å². The van der Waals surface area contributed by atoms with Gasteiger partial charge in [-0.15, -0.1) is 0 Å². The van der Waals surface area contributed by atoms with Crippen LogP contribution in [0.25, 0.3) is 0 Å². The average molecular weight is 328 g/mol. The fourth-order valence-corrected chi connectivity index (χ4v) is 2.82. The van der Waals surface area contributed by atoms with Crippen LogP contribution in [0.4, 0.5) is 0 Å². The largest absolute Gasteiger partial charge is 0.472 e. The molecule has 3 heterocycles. The second kappa shape index (κ2) is 7.27. The van der Waals surface area contributed by atoms with E-state index < -0.39 is 6.04 Å². The first-order valence-corrected chi connectivity index (χ1v) is 7.91. The molecule has 2 amide bonds. The lowest BCUT2D eigenvalue weighted by atomic mass is 10.0. The van der Waals surface area contributed by atoms with Gasteiger partial charge in [-0.1, -0.05) is 6.07 Å². The van der Waals surface area contributed by atoms with Crippen molar-refractivity contribution in [3.63, 3.8) is 0 Å². The fourth-order valence-electron chi connectivity index (χ4n) is 2.82. The van der Waals surface area contributed by atoms with Gasteiger partial charge < -0.3 is 20.0 Å². The summed E-state index contributed by atoms with van der Waals surface area (Å²) in [5.41, 5.74) is 1.38. The van der Waals surface area contributed by atoms with Crippen molar-refractivity contribution in [2.75, 3.05) is 19.6 Å². The molecule has 24 heavy (non-hydrogen) atoms. The first kappa shape index (κ1) is 16.2. The van der Waals surface area contributed by atoms with Crippen LogP contribution in [-0.2, 0) is 4.79 Å². The number of carbonyl (C=O) groups excluding carboxylic acids is 2. The van der Waals surface area contributed by atoms with Crippen LogP contribution in [0.2, 0.25) is 0 Å². The Balaban J connectivity index is 1.70. The van der Waals surface area contributed by atoms with Crippen molar-refractivity contribution in [3.8, 4) is 0 Å². The Hall–Kier alpha value is -2.67. The molecule has 0 spiro atoms. The van der Waals surface area contributed by atoms with Crippen LogP contribution < -0.4 is 10.6 Å². The number of hydrogen-bond donors (Lipinski definition) is 2. The number of pyridine rings is 1. The lowest BCUT2D eigenvalue weighted by Gasteiger charge is -2.37. The van der Waals surface area contributed by atoms with Crippen LogP contribution in [0, 0.1) is 0 Å². The molecule has 2 atom stereocenters. The van der Waals surface area contributed by atoms with E-state index in [1.807, 2.05) is 12.1 Å². The Kier molecular flexibility index (Phi) is 4.90. The molecule has 1 aliphatic heterocycles. The van der Waals surface area contributed by atoms with Crippen molar-refractivity contribution < 1.29 is 14.0 Å².